The first-order chi connectivity index (χ1) is 8.34. The highest BCUT2D eigenvalue weighted by Crippen LogP contribution is 2.23. The third kappa shape index (κ3) is 6.72. The molecule has 0 heterocycles. The summed E-state index contributed by atoms with van der Waals surface area (Å²) in [4.78, 5) is 0. The van der Waals surface area contributed by atoms with Gasteiger partial charge in [0, 0.05) is 0 Å². The maximum atomic E-state index is 5.72. The first kappa shape index (κ1) is 14.6. The van der Waals surface area contributed by atoms with Crippen molar-refractivity contribution in [3.05, 3.63) is 28.7 Å². The number of halogens is 1. The lowest BCUT2D eigenvalue weighted by molar-refractivity contribution is 0.302. The van der Waals surface area contributed by atoms with Crippen LogP contribution in [-0.4, -0.2) is 6.61 Å². The van der Waals surface area contributed by atoms with E-state index in [4.69, 9.17) is 4.74 Å². The standard InChI is InChI=1S/C15H23BrO/c1-2-3-4-5-6-7-10-13-17-15-12-9-8-11-14(15)16/h8-9,11-12H,2-7,10,13H2,1H3. The monoisotopic (exact) mass is 298 g/mol. The lowest BCUT2D eigenvalue weighted by Gasteiger charge is -2.07. The summed E-state index contributed by atoms with van der Waals surface area (Å²) < 4.78 is 6.76. The van der Waals surface area contributed by atoms with Crippen LogP contribution in [0.5, 0.6) is 5.75 Å². The highest BCUT2D eigenvalue weighted by atomic mass is 79.9. The van der Waals surface area contributed by atoms with Gasteiger partial charge in [-0.3, -0.25) is 0 Å². The van der Waals surface area contributed by atoms with Gasteiger partial charge in [0.15, 0.2) is 0 Å². The molecular formula is C15H23BrO. The normalized spacial score (nSPS) is 10.5. The van der Waals surface area contributed by atoms with Crippen molar-refractivity contribution in [3.8, 4) is 5.75 Å². The topological polar surface area (TPSA) is 9.23 Å². The maximum Gasteiger partial charge on any atom is 0.133 e. The minimum atomic E-state index is 0.830. The van der Waals surface area contributed by atoms with Gasteiger partial charge in [-0.15, -0.1) is 0 Å². The zero-order chi connectivity index (χ0) is 12.3. The molecule has 0 amide bonds. The van der Waals surface area contributed by atoms with E-state index < -0.39 is 0 Å². The lowest BCUT2D eigenvalue weighted by Crippen LogP contribution is -1.97. The number of hydrogen-bond acceptors (Lipinski definition) is 1. The molecule has 0 aliphatic rings. The zero-order valence-electron chi connectivity index (χ0n) is 10.8. The second-order valence-corrected chi connectivity index (χ2v) is 5.25. The number of benzene rings is 1. The van der Waals surface area contributed by atoms with Crippen molar-refractivity contribution in [1.29, 1.82) is 0 Å². The molecule has 0 atom stereocenters. The Labute approximate surface area is 114 Å². The third-order valence-electron chi connectivity index (χ3n) is 2.84. The minimum absolute atomic E-state index is 0.830. The largest absolute Gasteiger partial charge is 0.492 e. The Balaban J connectivity index is 1.99. The van der Waals surface area contributed by atoms with Gasteiger partial charge >= 0.3 is 0 Å². The number of hydrogen-bond donors (Lipinski definition) is 0. The average Bonchev–Trinajstić information content (AvgIpc) is 2.35. The summed E-state index contributed by atoms with van der Waals surface area (Å²) in [5.74, 6) is 0.957. The van der Waals surface area contributed by atoms with Crippen LogP contribution in [0.2, 0.25) is 0 Å². The van der Waals surface area contributed by atoms with Crippen molar-refractivity contribution in [2.45, 2.75) is 51.9 Å². The van der Waals surface area contributed by atoms with Crippen molar-refractivity contribution >= 4 is 15.9 Å². The molecule has 0 aromatic heterocycles. The van der Waals surface area contributed by atoms with E-state index in [9.17, 15) is 0 Å². The number of unbranched alkanes of at least 4 members (excludes halogenated alkanes) is 6. The molecule has 2 heteroatoms. The maximum absolute atomic E-state index is 5.72. The van der Waals surface area contributed by atoms with Gasteiger partial charge < -0.3 is 4.74 Å². The lowest BCUT2D eigenvalue weighted by atomic mass is 10.1. The molecule has 0 aliphatic carbocycles. The van der Waals surface area contributed by atoms with E-state index in [1.807, 2.05) is 24.3 Å². The van der Waals surface area contributed by atoms with Gasteiger partial charge in [0.2, 0.25) is 0 Å². The van der Waals surface area contributed by atoms with Gasteiger partial charge in [0.1, 0.15) is 5.75 Å². The summed E-state index contributed by atoms with van der Waals surface area (Å²) in [6, 6.07) is 8.03. The fraction of sp³-hybridized carbons (Fsp3) is 0.600. The SMILES string of the molecule is CCCCCCCCCOc1ccccc1Br. The van der Waals surface area contributed by atoms with E-state index in [2.05, 4.69) is 22.9 Å². The smallest absolute Gasteiger partial charge is 0.133 e. The number of rotatable bonds is 9. The minimum Gasteiger partial charge on any atom is -0.492 e. The van der Waals surface area contributed by atoms with Crippen LogP contribution in [0.15, 0.2) is 28.7 Å². The number of ether oxygens (including phenoxy) is 1. The van der Waals surface area contributed by atoms with E-state index in [0.717, 1.165) is 23.2 Å². The quantitative estimate of drug-likeness (QED) is 0.541. The Bertz CT molecular complexity index is 299. The fourth-order valence-electron chi connectivity index (χ4n) is 1.80. The molecule has 17 heavy (non-hydrogen) atoms. The van der Waals surface area contributed by atoms with E-state index in [0.29, 0.717) is 0 Å². The third-order valence-corrected chi connectivity index (χ3v) is 3.50. The second-order valence-electron chi connectivity index (χ2n) is 4.40. The van der Waals surface area contributed by atoms with Gasteiger partial charge in [-0.25, -0.2) is 0 Å². The summed E-state index contributed by atoms with van der Waals surface area (Å²) >= 11 is 3.48. The molecule has 0 unspecified atom stereocenters. The number of para-hydroxylation sites is 1. The Morgan fingerprint density at radius 3 is 2.29 bits per heavy atom. The highest BCUT2D eigenvalue weighted by molar-refractivity contribution is 9.10. The van der Waals surface area contributed by atoms with Gasteiger partial charge in [0.25, 0.3) is 0 Å². The molecule has 0 saturated heterocycles. The van der Waals surface area contributed by atoms with Crippen LogP contribution in [0.1, 0.15) is 51.9 Å². The first-order valence-corrected chi connectivity index (χ1v) is 7.51. The molecule has 1 rings (SSSR count). The van der Waals surface area contributed by atoms with Crippen LogP contribution in [0.3, 0.4) is 0 Å². The zero-order valence-corrected chi connectivity index (χ0v) is 12.3. The van der Waals surface area contributed by atoms with E-state index >= 15 is 0 Å². The molecule has 0 bridgehead atoms. The Hall–Kier alpha value is -0.500. The molecule has 1 aromatic rings. The molecule has 1 aromatic carbocycles. The van der Waals surface area contributed by atoms with Crippen LogP contribution in [0.25, 0.3) is 0 Å². The predicted octanol–water partition coefficient (Wildman–Crippen LogP) is 5.58. The summed E-state index contributed by atoms with van der Waals surface area (Å²) in [5.41, 5.74) is 0. The predicted molar refractivity (Wildman–Crippen MR) is 77.6 cm³/mol. The van der Waals surface area contributed by atoms with Gasteiger partial charge in [0.05, 0.1) is 11.1 Å². The van der Waals surface area contributed by atoms with Crippen LogP contribution in [0.4, 0.5) is 0 Å². The molecule has 0 saturated carbocycles. The first-order valence-electron chi connectivity index (χ1n) is 6.72. The molecule has 0 fully saturated rings. The molecule has 96 valence electrons. The summed E-state index contributed by atoms with van der Waals surface area (Å²) in [6.45, 7) is 3.09. The second kappa shape index (κ2) is 9.52. The van der Waals surface area contributed by atoms with Crippen molar-refractivity contribution < 1.29 is 4.74 Å². The summed E-state index contributed by atoms with van der Waals surface area (Å²) in [7, 11) is 0. The Kier molecular flexibility index (Phi) is 8.16. The van der Waals surface area contributed by atoms with Gasteiger partial charge in [-0.2, -0.15) is 0 Å². The highest BCUT2D eigenvalue weighted by Gasteiger charge is 1.98. The van der Waals surface area contributed by atoms with E-state index in [-0.39, 0.29) is 0 Å². The molecule has 0 radical (unpaired) electrons. The van der Waals surface area contributed by atoms with Crippen molar-refractivity contribution in [3.63, 3.8) is 0 Å². The Morgan fingerprint density at radius 1 is 0.941 bits per heavy atom. The van der Waals surface area contributed by atoms with E-state index in [1.54, 1.807) is 0 Å². The van der Waals surface area contributed by atoms with Crippen molar-refractivity contribution in [1.82, 2.24) is 0 Å². The molecule has 0 spiro atoms. The molecule has 1 nitrogen and oxygen atoms in total. The van der Waals surface area contributed by atoms with Crippen LogP contribution >= 0.6 is 15.9 Å². The van der Waals surface area contributed by atoms with Crippen LogP contribution < -0.4 is 4.74 Å². The van der Waals surface area contributed by atoms with Crippen molar-refractivity contribution in [2.24, 2.45) is 0 Å². The Morgan fingerprint density at radius 2 is 1.59 bits per heavy atom. The molecule has 0 aliphatic heterocycles. The average molecular weight is 299 g/mol. The van der Waals surface area contributed by atoms with Crippen LogP contribution in [0, 0.1) is 0 Å². The van der Waals surface area contributed by atoms with Gasteiger partial charge in [-0.05, 0) is 34.5 Å². The molecule has 0 N–H and O–H groups in total. The molecular weight excluding hydrogens is 276 g/mol. The van der Waals surface area contributed by atoms with Gasteiger partial charge in [-0.1, -0.05) is 57.6 Å². The summed E-state index contributed by atoms with van der Waals surface area (Å²) in [6.07, 6.45) is 9.27. The van der Waals surface area contributed by atoms with Crippen molar-refractivity contribution in [2.75, 3.05) is 6.61 Å². The van der Waals surface area contributed by atoms with Crippen LogP contribution in [-0.2, 0) is 0 Å². The summed E-state index contributed by atoms with van der Waals surface area (Å²) in [5, 5.41) is 0. The van der Waals surface area contributed by atoms with E-state index in [1.165, 1.54) is 38.5 Å². The fourth-order valence-corrected chi connectivity index (χ4v) is 2.20.